The monoisotopic (exact) mass is 303 g/mol. The summed E-state index contributed by atoms with van der Waals surface area (Å²) >= 11 is 0. The van der Waals surface area contributed by atoms with E-state index in [-0.39, 0.29) is 17.9 Å². The Labute approximate surface area is 129 Å². The molecule has 2 amide bonds. The lowest BCUT2D eigenvalue weighted by Crippen LogP contribution is -2.50. The summed E-state index contributed by atoms with van der Waals surface area (Å²) in [4.78, 5) is 24.2. The van der Waals surface area contributed by atoms with Gasteiger partial charge in [0, 0.05) is 12.6 Å². The second-order valence-corrected chi connectivity index (χ2v) is 5.98. The van der Waals surface area contributed by atoms with Gasteiger partial charge in [0.2, 0.25) is 0 Å². The molecule has 6 heteroatoms. The van der Waals surface area contributed by atoms with E-state index < -0.39 is 6.10 Å². The van der Waals surface area contributed by atoms with E-state index in [9.17, 15) is 9.59 Å². The van der Waals surface area contributed by atoms with Gasteiger partial charge in [-0.15, -0.1) is 0 Å². The van der Waals surface area contributed by atoms with E-state index in [1.54, 1.807) is 25.1 Å². The van der Waals surface area contributed by atoms with Crippen LogP contribution >= 0.6 is 0 Å². The molecule has 1 aromatic rings. The first-order chi connectivity index (χ1) is 10.6. The Balaban J connectivity index is 1.81. The topological polar surface area (TPSA) is 79.5 Å². The zero-order valence-corrected chi connectivity index (χ0v) is 12.8. The summed E-state index contributed by atoms with van der Waals surface area (Å²) in [5.41, 5.74) is 1.01. The molecule has 0 saturated carbocycles. The highest BCUT2D eigenvalue weighted by molar-refractivity contribution is 6.04. The molecule has 2 heterocycles. The summed E-state index contributed by atoms with van der Waals surface area (Å²) in [6, 6.07) is 5.31. The van der Waals surface area contributed by atoms with Crippen LogP contribution in [0.15, 0.2) is 18.2 Å². The van der Waals surface area contributed by atoms with E-state index in [2.05, 4.69) is 22.9 Å². The van der Waals surface area contributed by atoms with Crippen LogP contribution in [-0.2, 0) is 4.79 Å². The third kappa shape index (κ3) is 2.78. The summed E-state index contributed by atoms with van der Waals surface area (Å²) in [7, 11) is 0. The van der Waals surface area contributed by atoms with Gasteiger partial charge >= 0.3 is 0 Å². The van der Waals surface area contributed by atoms with E-state index in [4.69, 9.17) is 4.74 Å². The number of fused-ring (bicyclic) bond motifs is 1. The molecule has 118 valence electrons. The largest absolute Gasteiger partial charge is 0.478 e. The molecular formula is C16H21N3O3. The van der Waals surface area contributed by atoms with Crippen LogP contribution in [0.25, 0.3) is 0 Å². The molecule has 0 bridgehead atoms. The van der Waals surface area contributed by atoms with Crippen LogP contribution in [0.1, 0.15) is 30.6 Å². The Bertz CT molecular complexity index is 602. The zero-order chi connectivity index (χ0) is 15.7. The first-order valence-corrected chi connectivity index (χ1v) is 7.68. The van der Waals surface area contributed by atoms with Crippen LogP contribution in [-0.4, -0.2) is 37.0 Å². The number of rotatable bonds is 2. The average Bonchev–Trinajstić information content (AvgIpc) is 2.50. The van der Waals surface area contributed by atoms with Crippen molar-refractivity contribution in [3.63, 3.8) is 0 Å². The molecule has 0 aliphatic carbocycles. The maximum absolute atomic E-state index is 12.6. The zero-order valence-electron chi connectivity index (χ0n) is 12.8. The van der Waals surface area contributed by atoms with Crippen molar-refractivity contribution in [2.24, 2.45) is 5.92 Å². The Kier molecular flexibility index (Phi) is 4.02. The van der Waals surface area contributed by atoms with Crippen LogP contribution < -0.4 is 20.7 Å². The number of anilines is 1. The summed E-state index contributed by atoms with van der Waals surface area (Å²) in [6.45, 7) is 5.57. The summed E-state index contributed by atoms with van der Waals surface area (Å²) in [6.07, 6.45) is 0.443. The van der Waals surface area contributed by atoms with Crippen molar-refractivity contribution >= 4 is 17.5 Å². The Hall–Kier alpha value is -2.08. The molecule has 0 aromatic heterocycles. The normalized spacial score (nSPS) is 27.4. The second kappa shape index (κ2) is 5.96. The number of ether oxygens (including phenoxy) is 1. The van der Waals surface area contributed by atoms with Gasteiger partial charge in [-0.25, -0.2) is 0 Å². The van der Waals surface area contributed by atoms with Crippen LogP contribution in [0, 0.1) is 5.92 Å². The van der Waals surface area contributed by atoms with Crippen molar-refractivity contribution in [2.45, 2.75) is 32.4 Å². The molecule has 3 rings (SSSR count). The molecule has 3 atom stereocenters. The van der Waals surface area contributed by atoms with Crippen LogP contribution in [0.5, 0.6) is 5.75 Å². The minimum absolute atomic E-state index is 0.104. The third-order valence-electron chi connectivity index (χ3n) is 4.33. The van der Waals surface area contributed by atoms with Crippen LogP contribution in [0.4, 0.5) is 5.69 Å². The highest BCUT2D eigenvalue weighted by atomic mass is 16.5. The van der Waals surface area contributed by atoms with Crippen molar-refractivity contribution in [3.05, 3.63) is 23.8 Å². The minimum Gasteiger partial charge on any atom is -0.478 e. The smallest absolute Gasteiger partial charge is 0.265 e. The van der Waals surface area contributed by atoms with Gasteiger partial charge < -0.3 is 20.7 Å². The molecule has 3 unspecified atom stereocenters. The lowest BCUT2D eigenvalue weighted by Gasteiger charge is -2.31. The third-order valence-corrected chi connectivity index (χ3v) is 4.33. The fourth-order valence-corrected chi connectivity index (χ4v) is 2.83. The van der Waals surface area contributed by atoms with E-state index in [0.29, 0.717) is 22.9 Å². The van der Waals surface area contributed by atoms with Gasteiger partial charge in [0.1, 0.15) is 0 Å². The Morgan fingerprint density at radius 2 is 2.18 bits per heavy atom. The molecule has 0 spiro atoms. The molecule has 2 aliphatic heterocycles. The Morgan fingerprint density at radius 3 is 2.95 bits per heavy atom. The van der Waals surface area contributed by atoms with E-state index in [0.717, 1.165) is 19.5 Å². The predicted octanol–water partition coefficient (Wildman–Crippen LogP) is 1.13. The highest BCUT2D eigenvalue weighted by Gasteiger charge is 2.29. The number of hydrogen-bond acceptors (Lipinski definition) is 4. The summed E-state index contributed by atoms with van der Waals surface area (Å²) in [5.74, 6) is 0.517. The van der Waals surface area contributed by atoms with E-state index in [1.165, 1.54) is 0 Å². The number of benzene rings is 1. The molecule has 22 heavy (non-hydrogen) atoms. The van der Waals surface area contributed by atoms with Crippen molar-refractivity contribution in [3.8, 4) is 5.75 Å². The Morgan fingerprint density at radius 1 is 1.36 bits per heavy atom. The number of hydrogen-bond donors (Lipinski definition) is 3. The SMILES string of the molecule is CC1Oc2c(cccc2C(=O)NC2CNCCC2C)NC1=O. The number of amides is 2. The summed E-state index contributed by atoms with van der Waals surface area (Å²) in [5, 5.41) is 9.12. The first-order valence-electron chi connectivity index (χ1n) is 7.68. The lowest BCUT2D eigenvalue weighted by molar-refractivity contribution is -0.122. The fraction of sp³-hybridized carbons (Fsp3) is 0.500. The molecular weight excluding hydrogens is 282 g/mol. The summed E-state index contributed by atoms with van der Waals surface area (Å²) < 4.78 is 5.62. The van der Waals surface area contributed by atoms with E-state index in [1.807, 2.05) is 0 Å². The van der Waals surface area contributed by atoms with E-state index >= 15 is 0 Å². The predicted molar refractivity (Wildman–Crippen MR) is 83.1 cm³/mol. The van der Waals surface area contributed by atoms with Crippen LogP contribution in [0.2, 0.25) is 0 Å². The maximum atomic E-state index is 12.6. The molecule has 0 radical (unpaired) electrons. The van der Waals surface area contributed by atoms with Gasteiger partial charge in [-0.05, 0) is 37.9 Å². The lowest BCUT2D eigenvalue weighted by atomic mass is 9.94. The van der Waals surface area contributed by atoms with Gasteiger partial charge in [-0.3, -0.25) is 9.59 Å². The first kappa shape index (κ1) is 14.8. The molecule has 1 fully saturated rings. The van der Waals surface area contributed by atoms with Gasteiger partial charge in [-0.2, -0.15) is 0 Å². The molecule has 2 aliphatic rings. The van der Waals surface area contributed by atoms with Gasteiger partial charge in [0.15, 0.2) is 11.9 Å². The van der Waals surface area contributed by atoms with Crippen molar-refractivity contribution < 1.29 is 14.3 Å². The van der Waals surface area contributed by atoms with Crippen molar-refractivity contribution in [2.75, 3.05) is 18.4 Å². The average molecular weight is 303 g/mol. The molecule has 1 saturated heterocycles. The van der Waals surface area contributed by atoms with Crippen molar-refractivity contribution in [1.29, 1.82) is 0 Å². The molecule has 3 N–H and O–H groups in total. The number of nitrogens with one attached hydrogen (secondary N) is 3. The number of para-hydroxylation sites is 1. The van der Waals surface area contributed by atoms with Gasteiger partial charge in [0.25, 0.3) is 11.8 Å². The van der Waals surface area contributed by atoms with Crippen LogP contribution in [0.3, 0.4) is 0 Å². The molecule has 6 nitrogen and oxygen atoms in total. The number of carbonyl (C=O) groups excluding carboxylic acids is 2. The van der Waals surface area contributed by atoms with Gasteiger partial charge in [0.05, 0.1) is 11.3 Å². The second-order valence-electron chi connectivity index (χ2n) is 5.98. The van der Waals surface area contributed by atoms with Crippen molar-refractivity contribution in [1.82, 2.24) is 10.6 Å². The number of carbonyl (C=O) groups is 2. The quantitative estimate of drug-likeness (QED) is 0.765. The minimum atomic E-state index is -0.600. The number of piperidine rings is 1. The highest BCUT2D eigenvalue weighted by Crippen LogP contribution is 2.33. The standard InChI is InChI=1S/C16H21N3O3/c1-9-6-7-17-8-13(9)19-16(21)11-4-3-5-12-14(11)22-10(2)15(20)18-12/h3-5,9-10,13,17H,6-8H2,1-2H3,(H,18,20)(H,19,21). The molecule has 1 aromatic carbocycles. The fourth-order valence-electron chi connectivity index (χ4n) is 2.83. The van der Waals surface area contributed by atoms with Gasteiger partial charge in [-0.1, -0.05) is 13.0 Å². The maximum Gasteiger partial charge on any atom is 0.265 e.